The molecule has 0 bridgehead atoms. The summed E-state index contributed by atoms with van der Waals surface area (Å²) in [6.45, 7) is 5.51. The van der Waals surface area contributed by atoms with Crippen molar-refractivity contribution < 1.29 is 14.5 Å². The van der Waals surface area contributed by atoms with Crippen LogP contribution in [0.2, 0.25) is 0 Å². The third-order valence-corrected chi connectivity index (χ3v) is 1.85. The van der Waals surface area contributed by atoms with Crippen molar-refractivity contribution in [2.24, 2.45) is 5.92 Å². The zero-order valence-electron chi connectivity index (χ0n) is 11.3. The largest absolute Gasteiger partial charge is 0.331 e. The van der Waals surface area contributed by atoms with Gasteiger partial charge in [0.1, 0.15) is 0 Å². The Bertz CT molecular complexity index is 292. The van der Waals surface area contributed by atoms with Gasteiger partial charge in [0.05, 0.1) is 0 Å². The second-order valence-corrected chi connectivity index (χ2v) is 3.99. The van der Waals surface area contributed by atoms with E-state index in [0.29, 0.717) is 6.42 Å². The fraction of sp³-hybridized carbons (Fsp3) is 0.636. The van der Waals surface area contributed by atoms with Crippen LogP contribution in [-0.4, -0.2) is 24.0 Å². The van der Waals surface area contributed by atoms with E-state index in [1.807, 2.05) is 6.92 Å². The molecular formula is C11H22N4O3. The van der Waals surface area contributed by atoms with Crippen LogP contribution in [0.3, 0.4) is 0 Å². The lowest BCUT2D eigenvalue weighted by molar-refractivity contribution is -0.214. The van der Waals surface area contributed by atoms with Gasteiger partial charge in [0.25, 0.3) is 0 Å². The first-order valence-electron chi connectivity index (χ1n) is 5.88. The number of nitrogens with zero attached hydrogens (tertiary/aromatic N) is 1. The molecule has 0 aliphatic rings. The standard InChI is InChI=1S/C11H22N4O3/c1-5-6-10(16)14-15(4)18-13-8-7-12-11(17)9(2)3/h7-9,13H,5-6H2,1-4H3,(H,12,17)(H,14,16)/b8-7+. The molecule has 0 saturated heterocycles. The van der Waals surface area contributed by atoms with Gasteiger partial charge in [-0.15, -0.1) is 0 Å². The average molecular weight is 258 g/mol. The highest BCUT2D eigenvalue weighted by atomic mass is 16.8. The summed E-state index contributed by atoms with van der Waals surface area (Å²) >= 11 is 0. The third kappa shape index (κ3) is 8.54. The summed E-state index contributed by atoms with van der Waals surface area (Å²) in [6.07, 6.45) is 4.04. The van der Waals surface area contributed by atoms with E-state index in [1.165, 1.54) is 12.4 Å². The quantitative estimate of drug-likeness (QED) is 0.550. The van der Waals surface area contributed by atoms with Gasteiger partial charge in [-0.05, 0) is 6.42 Å². The molecular weight excluding hydrogens is 236 g/mol. The van der Waals surface area contributed by atoms with Crippen molar-refractivity contribution in [1.82, 2.24) is 21.4 Å². The zero-order chi connectivity index (χ0) is 14.0. The number of hydrogen-bond donors (Lipinski definition) is 3. The molecule has 0 radical (unpaired) electrons. The lowest BCUT2D eigenvalue weighted by Crippen LogP contribution is -2.41. The van der Waals surface area contributed by atoms with Crippen molar-refractivity contribution in [3.05, 3.63) is 12.4 Å². The SMILES string of the molecule is CCCC(=O)NN(C)ON/C=C/NC(=O)C(C)C. The maximum atomic E-state index is 11.2. The van der Waals surface area contributed by atoms with Gasteiger partial charge in [-0.2, -0.15) is 4.94 Å². The number of hydroxylamine groups is 2. The zero-order valence-corrected chi connectivity index (χ0v) is 11.3. The van der Waals surface area contributed by atoms with Gasteiger partial charge in [-0.25, -0.2) is 0 Å². The van der Waals surface area contributed by atoms with Crippen LogP contribution in [0, 0.1) is 5.92 Å². The summed E-state index contributed by atoms with van der Waals surface area (Å²) in [6, 6.07) is 0. The molecule has 0 aliphatic carbocycles. The van der Waals surface area contributed by atoms with Gasteiger partial charge >= 0.3 is 0 Å². The number of amides is 2. The van der Waals surface area contributed by atoms with Crippen molar-refractivity contribution in [3.8, 4) is 0 Å². The number of hydrogen-bond acceptors (Lipinski definition) is 5. The van der Waals surface area contributed by atoms with Crippen molar-refractivity contribution >= 4 is 11.8 Å². The second-order valence-electron chi connectivity index (χ2n) is 3.99. The predicted molar refractivity (Wildman–Crippen MR) is 67.2 cm³/mol. The molecule has 0 saturated carbocycles. The van der Waals surface area contributed by atoms with Gasteiger partial charge in [-0.3, -0.25) is 20.5 Å². The number of rotatable bonds is 8. The Morgan fingerprint density at radius 3 is 2.56 bits per heavy atom. The molecule has 18 heavy (non-hydrogen) atoms. The summed E-state index contributed by atoms with van der Waals surface area (Å²) in [5.41, 5.74) is 4.93. The molecule has 2 amide bonds. The summed E-state index contributed by atoms with van der Waals surface area (Å²) in [5.74, 6) is -0.289. The molecule has 0 heterocycles. The first kappa shape index (κ1) is 16.4. The maximum absolute atomic E-state index is 11.2. The van der Waals surface area contributed by atoms with Gasteiger partial charge in [0.15, 0.2) is 0 Å². The van der Waals surface area contributed by atoms with Crippen LogP contribution < -0.4 is 16.2 Å². The van der Waals surface area contributed by atoms with Crippen LogP contribution in [-0.2, 0) is 14.5 Å². The van der Waals surface area contributed by atoms with Gasteiger partial charge in [0.2, 0.25) is 11.8 Å². The molecule has 0 unspecified atom stereocenters. The number of nitrogens with one attached hydrogen (secondary N) is 3. The molecule has 0 rings (SSSR count). The molecule has 7 nitrogen and oxygen atoms in total. The summed E-state index contributed by atoms with van der Waals surface area (Å²) in [7, 11) is 1.54. The van der Waals surface area contributed by atoms with Crippen LogP contribution >= 0.6 is 0 Å². The Morgan fingerprint density at radius 1 is 1.33 bits per heavy atom. The number of carbonyl (C=O) groups is 2. The Labute approximate surface area is 107 Å². The molecule has 0 aromatic rings. The highest BCUT2D eigenvalue weighted by molar-refractivity contribution is 5.78. The van der Waals surface area contributed by atoms with E-state index in [1.54, 1.807) is 20.9 Å². The molecule has 7 heteroatoms. The van der Waals surface area contributed by atoms with Crippen LogP contribution in [0.4, 0.5) is 0 Å². The normalized spacial score (nSPS) is 11.0. The Kier molecular flexibility index (Phi) is 8.59. The number of carbonyl (C=O) groups excluding carboxylic acids is 2. The topological polar surface area (TPSA) is 82.7 Å². The lowest BCUT2D eigenvalue weighted by atomic mass is 10.2. The molecule has 3 N–H and O–H groups in total. The van der Waals surface area contributed by atoms with Gasteiger partial charge < -0.3 is 5.32 Å². The lowest BCUT2D eigenvalue weighted by Gasteiger charge is -2.15. The monoisotopic (exact) mass is 258 g/mol. The molecule has 104 valence electrons. The van der Waals surface area contributed by atoms with Crippen LogP contribution in [0.1, 0.15) is 33.6 Å². The first-order valence-corrected chi connectivity index (χ1v) is 5.88. The fourth-order valence-electron chi connectivity index (χ4n) is 0.915. The van der Waals surface area contributed by atoms with E-state index in [4.69, 9.17) is 4.94 Å². The van der Waals surface area contributed by atoms with E-state index < -0.39 is 0 Å². The molecule has 0 atom stereocenters. The first-order chi connectivity index (χ1) is 8.47. The molecule has 0 aromatic carbocycles. The second kappa shape index (κ2) is 9.43. The average Bonchev–Trinajstić information content (AvgIpc) is 2.28. The Balaban J connectivity index is 3.67. The highest BCUT2D eigenvalue weighted by Crippen LogP contribution is 1.89. The van der Waals surface area contributed by atoms with Gasteiger partial charge in [-0.1, -0.05) is 25.9 Å². The van der Waals surface area contributed by atoms with Crippen molar-refractivity contribution in [2.75, 3.05) is 7.05 Å². The molecule has 0 fully saturated rings. The highest BCUT2D eigenvalue weighted by Gasteiger charge is 2.04. The predicted octanol–water partition coefficient (Wildman–Crippen LogP) is 0.429. The van der Waals surface area contributed by atoms with Crippen molar-refractivity contribution in [2.45, 2.75) is 33.6 Å². The van der Waals surface area contributed by atoms with Crippen LogP contribution in [0.25, 0.3) is 0 Å². The molecule has 0 aromatic heterocycles. The molecule has 0 spiro atoms. The Morgan fingerprint density at radius 2 is 2.00 bits per heavy atom. The van der Waals surface area contributed by atoms with Crippen LogP contribution in [0.15, 0.2) is 12.4 Å². The summed E-state index contributed by atoms with van der Waals surface area (Å²) in [5, 5.41) is 3.69. The minimum Gasteiger partial charge on any atom is -0.331 e. The summed E-state index contributed by atoms with van der Waals surface area (Å²) in [4.78, 5) is 27.2. The van der Waals surface area contributed by atoms with Gasteiger partial charge in [0, 0.05) is 31.8 Å². The van der Waals surface area contributed by atoms with Crippen molar-refractivity contribution in [3.63, 3.8) is 0 Å². The third-order valence-electron chi connectivity index (χ3n) is 1.85. The van der Waals surface area contributed by atoms with E-state index in [2.05, 4.69) is 16.2 Å². The smallest absolute Gasteiger partial charge is 0.236 e. The van der Waals surface area contributed by atoms with Crippen LogP contribution in [0.5, 0.6) is 0 Å². The number of hydrazine groups is 1. The molecule has 0 aliphatic heterocycles. The minimum atomic E-state index is -0.126. The van der Waals surface area contributed by atoms with E-state index in [0.717, 1.165) is 11.6 Å². The van der Waals surface area contributed by atoms with E-state index >= 15 is 0 Å². The Hall–Kier alpha value is -1.60. The minimum absolute atomic E-state index is 0.0772. The maximum Gasteiger partial charge on any atom is 0.236 e. The van der Waals surface area contributed by atoms with E-state index in [-0.39, 0.29) is 17.7 Å². The van der Waals surface area contributed by atoms with Crippen molar-refractivity contribution in [1.29, 1.82) is 0 Å². The summed E-state index contributed by atoms with van der Waals surface area (Å²) < 4.78 is 0. The van der Waals surface area contributed by atoms with E-state index in [9.17, 15) is 9.59 Å². The fourth-order valence-corrected chi connectivity index (χ4v) is 0.915.